The smallest absolute Gasteiger partial charge is 0.324 e. The minimum atomic E-state index is -0.365. The van der Waals surface area contributed by atoms with Crippen LogP contribution in [-0.4, -0.2) is 16.1 Å². The van der Waals surface area contributed by atoms with E-state index in [0.29, 0.717) is 22.8 Å². The van der Waals surface area contributed by atoms with Crippen molar-refractivity contribution in [2.24, 2.45) is 0 Å². The van der Waals surface area contributed by atoms with Crippen LogP contribution in [0.15, 0.2) is 30.3 Å². The van der Waals surface area contributed by atoms with Crippen molar-refractivity contribution in [1.82, 2.24) is 4.98 Å². The van der Waals surface area contributed by atoms with Gasteiger partial charge < -0.3 is 10.4 Å². The van der Waals surface area contributed by atoms with E-state index in [4.69, 9.17) is 0 Å². The van der Waals surface area contributed by atoms with Gasteiger partial charge in [0.15, 0.2) is 0 Å². The number of hydrogen-bond donors (Lipinski definition) is 3. The monoisotopic (exact) mass is 271 g/mol. The first-order valence-corrected chi connectivity index (χ1v) is 6.29. The highest BCUT2D eigenvalue weighted by atomic mass is 16.3. The van der Waals surface area contributed by atoms with Gasteiger partial charge in [-0.1, -0.05) is 18.2 Å². The number of rotatable bonds is 2. The predicted octanol–water partition coefficient (Wildman–Crippen LogP) is 3.36. The number of urea groups is 1. The fourth-order valence-corrected chi connectivity index (χ4v) is 1.84. The molecule has 104 valence electrons. The van der Waals surface area contributed by atoms with Gasteiger partial charge in [-0.2, -0.15) is 0 Å². The highest BCUT2D eigenvalue weighted by Crippen LogP contribution is 2.27. The molecule has 0 saturated carbocycles. The van der Waals surface area contributed by atoms with E-state index in [9.17, 15) is 9.90 Å². The number of nitrogens with one attached hydrogen (secondary N) is 2. The fraction of sp³-hybridized carbons (Fsp3) is 0.200. The van der Waals surface area contributed by atoms with Crippen molar-refractivity contribution in [2.45, 2.75) is 20.8 Å². The van der Waals surface area contributed by atoms with Crippen LogP contribution in [-0.2, 0) is 0 Å². The maximum atomic E-state index is 11.9. The average Bonchev–Trinajstić information content (AvgIpc) is 2.43. The third-order valence-electron chi connectivity index (χ3n) is 3.16. The predicted molar refractivity (Wildman–Crippen MR) is 79.2 cm³/mol. The van der Waals surface area contributed by atoms with Gasteiger partial charge in [-0.15, -0.1) is 0 Å². The molecule has 0 aliphatic rings. The third kappa shape index (κ3) is 2.88. The summed E-state index contributed by atoms with van der Waals surface area (Å²) in [5.41, 5.74) is 2.65. The lowest BCUT2D eigenvalue weighted by Gasteiger charge is -2.13. The van der Waals surface area contributed by atoms with Crippen LogP contribution in [0.25, 0.3) is 0 Å². The van der Waals surface area contributed by atoms with E-state index in [1.54, 1.807) is 32.9 Å². The van der Waals surface area contributed by atoms with Crippen molar-refractivity contribution < 1.29 is 9.90 Å². The number of anilines is 2. The van der Waals surface area contributed by atoms with Gasteiger partial charge in [0.25, 0.3) is 0 Å². The Labute approximate surface area is 117 Å². The summed E-state index contributed by atoms with van der Waals surface area (Å²) in [6, 6.07) is 8.79. The van der Waals surface area contributed by atoms with Gasteiger partial charge in [-0.3, -0.25) is 5.32 Å². The Morgan fingerprint density at radius 2 is 1.70 bits per heavy atom. The Kier molecular flexibility index (Phi) is 3.89. The summed E-state index contributed by atoms with van der Waals surface area (Å²) >= 11 is 0. The van der Waals surface area contributed by atoms with Gasteiger partial charge in [0.05, 0.1) is 5.69 Å². The van der Waals surface area contributed by atoms with E-state index in [2.05, 4.69) is 15.6 Å². The molecule has 0 bridgehead atoms. The zero-order valence-corrected chi connectivity index (χ0v) is 11.7. The van der Waals surface area contributed by atoms with Crippen LogP contribution in [0, 0.1) is 20.8 Å². The van der Waals surface area contributed by atoms with E-state index in [-0.39, 0.29) is 11.8 Å². The summed E-state index contributed by atoms with van der Waals surface area (Å²) in [5, 5.41) is 15.2. The number of carbonyl (C=O) groups excluding carboxylic acids is 1. The van der Waals surface area contributed by atoms with Crippen LogP contribution >= 0.6 is 0 Å². The molecule has 0 aliphatic carbocycles. The number of nitrogens with zero attached hydrogens (tertiary/aromatic N) is 1. The van der Waals surface area contributed by atoms with Gasteiger partial charge in [0, 0.05) is 5.69 Å². The SMILES string of the molecule is Cc1nc(NC(=O)Nc2ccccc2)c(C)c(C)c1O. The lowest BCUT2D eigenvalue weighted by molar-refractivity contribution is 0.262. The lowest BCUT2D eigenvalue weighted by Crippen LogP contribution is -2.21. The summed E-state index contributed by atoms with van der Waals surface area (Å²) in [5.74, 6) is 0.614. The van der Waals surface area contributed by atoms with Crippen LogP contribution in [0.3, 0.4) is 0 Å². The molecule has 1 aromatic carbocycles. The topological polar surface area (TPSA) is 74.2 Å². The molecule has 20 heavy (non-hydrogen) atoms. The minimum Gasteiger partial charge on any atom is -0.506 e. The van der Waals surface area contributed by atoms with Gasteiger partial charge in [0.1, 0.15) is 11.6 Å². The number of pyridine rings is 1. The molecule has 5 heteroatoms. The van der Waals surface area contributed by atoms with Crippen molar-refractivity contribution in [1.29, 1.82) is 0 Å². The molecule has 1 aromatic heterocycles. The number of hydrogen-bond acceptors (Lipinski definition) is 3. The van der Waals surface area contributed by atoms with Gasteiger partial charge in [0.2, 0.25) is 0 Å². The number of aromatic hydroxyl groups is 1. The zero-order valence-electron chi connectivity index (χ0n) is 11.7. The Hall–Kier alpha value is -2.56. The molecular formula is C15H17N3O2. The van der Waals surface area contributed by atoms with Crippen LogP contribution < -0.4 is 10.6 Å². The maximum absolute atomic E-state index is 11.9. The number of para-hydroxylation sites is 1. The molecule has 2 amide bonds. The lowest BCUT2D eigenvalue weighted by atomic mass is 10.1. The van der Waals surface area contributed by atoms with E-state index in [1.165, 1.54) is 0 Å². The Morgan fingerprint density at radius 3 is 2.35 bits per heavy atom. The molecule has 3 N–H and O–H groups in total. The Bertz CT molecular complexity index is 639. The summed E-state index contributed by atoms with van der Waals surface area (Å²) < 4.78 is 0. The number of aryl methyl sites for hydroxylation is 1. The molecule has 5 nitrogen and oxygen atoms in total. The van der Waals surface area contributed by atoms with Crippen LogP contribution in [0.1, 0.15) is 16.8 Å². The van der Waals surface area contributed by atoms with Crippen LogP contribution in [0.4, 0.5) is 16.3 Å². The molecule has 0 unspecified atom stereocenters. The molecule has 0 atom stereocenters. The Morgan fingerprint density at radius 1 is 1.05 bits per heavy atom. The van der Waals surface area contributed by atoms with Gasteiger partial charge in [-0.25, -0.2) is 9.78 Å². The quantitative estimate of drug-likeness (QED) is 0.784. The highest BCUT2D eigenvalue weighted by Gasteiger charge is 2.13. The standard InChI is InChI=1S/C15H17N3O2/c1-9-10(2)14(16-11(3)13(9)19)18-15(20)17-12-7-5-4-6-8-12/h4-8,19H,1-3H3,(H2,16,17,18,20). The molecule has 0 radical (unpaired) electrons. The molecule has 1 heterocycles. The normalized spacial score (nSPS) is 10.2. The van der Waals surface area contributed by atoms with Crippen molar-refractivity contribution >= 4 is 17.5 Å². The van der Waals surface area contributed by atoms with Crippen molar-refractivity contribution in [3.05, 3.63) is 47.2 Å². The molecule has 2 aromatic rings. The first kappa shape index (κ1) is 13.9. The van der Waals surface area contributed by atoms with E-state index in [1.807, 2.05) is 18.2 Å². The average molecular weight is 271 g/mol. The second-order valence-corrected chi connectivity index (χ2v) is 4.59. The molecule has 0 fully saturated rings. The van der Waals surface area contributed by atoms with Gasteiger partial charge >= 0.3 is 6.03 Å². The van der Waals surface area contributed by atoms with Crippen molar-refractivity contribution in [3.8, 4) is 5.75 Å². The number of carbonyl (C=O) groups is 1. The van der Waals surface area contributed by atoms with Crippen LogP contribution in [0.5, 0.6) is 5.75 Å². The van der Waals surface area contributed by atoms with E-state index < -0.39 is 0 Å². The molecule has 2 rings (SSSR count). The molecular weight excluding hydrogens is 254 g/mol. The summed E-state index contributed by atoms with van der Waals surface area (Å²) in [6.07, 6.45) is 0. The fourth-order valence-electron chi connectivity index (χ4n) is 1.84. The molecule has 0 saturated heterocycles. The highest BCUT2D eigenvalue weighted by molar-refractivity contribution is 5.99. The summed E-state index contributed by atoms with van der Waals surface area (Å²) in [7, 11) is 0. The van der Waals surface area contributed by atoms with E-state index in [0.717, 1.165) is 5.56 Å². The number of amides is 2. The maximum Gasteiger partial charge on any atom is 0.324 e. The van der Waals surface area contributed by atoms with Crippen molar-refractivity contribution in [3.63, 3.8) is 0 Å². The second kappa shape index (κ2) is 5.61. The first-order valence-electron chi connectivity index (χ1n) is 6.29. The minimum absolute atomic E-state index is 0.163. The van der Waals surface area contributed by atoms with E-state index >= 15 is 0 Å². The summed E-state index contributed by atoms with van der Waals surface area (Å²) in [4.78, 5) is 16.1. The number of aromatic nitrogens is 1. The third-order valence-corrected chi connectivity index (χ3v) is 3.16. The molecule has 0 spiro atoms. The number of benzene rings is 1. The van der Waals surface area contributed by atoms with Crippen LogP contribution in [0.2, 0.25) is 0 Å². The zero-order chi connectivity index (χ0) is 14.7. The first-order chi connectivity index (χ1) is 9.49. The largest absolute Gasteiger partial charge is 0.506 e. The van der Waals surface area contributed by atoms with Gasteiger partial charge in [-0.05, 0) is 44.0 Å². The molecule has 0 aliphatic heterocycles. The van der Waals surface area contributed by atoms with Crippen molar-refractivity contribution in [2.75, 3.05) is 10.6 Å². The Balaban J connectivity index is 2.16. The second-order valence-electron chi connectivity index (χ2n) is 4.59. The summed E-state index contributed by atoms with van der Waals surface area (Å²) in [6.45, 7) is 5.29.